The van der Waals surface area contributed by atoms with Crippen LogP contribution in [0.5, 0.6) is 0 Å². The van der Waals surface area contributed by atoms with Gasteiger partial charge in [-0.05, 0) is 72.7 Å². The van der Waals surface area contributed by atoms with Gasteiger partial charge in [0, 0.05) is 17.4 Å². The van der Waals surface area contributed by atoms with Crippen LogP contribution in [0.3, 0.4) is 0 Å². The number of unbranched alkanes of at least 4 members (excludes halogenated alkanes) is 2. The maximum atomic E-state index is 11.0. The predicted molar refractivity (Wildman–Crippen MR) is 146 cm³/mol. The van der Waals surface area contributed by atoms with Gasteiger partial charge in [0.25, 0.3) is 0 Å². The fraction of sp³-hybridized carbons (Fsp3) is 0.276. The van der Waals surface area contributed by atoms with E-state index in [1.807, 2.05) is 0 Å². The molecule has 0 radical (unpaired) electrons. The van der Waals surface area contributed by atoms with Crippen molar-refractivity contribution in [3.63, 3.8) is 0 Å². The van der Waals surface area contributed by atoms with Gasteiger partial charge >= 0.3 is 7.60 Å². The first-order valence-electron chi connectivity index (χ1n) is 12.2. The first kappa shape index (κ1) is 25.5. The number of hydrogen-bond donors (Lipinski definition) is 2. The second kappa shape index (κ2) is 12.4. The lowest BCUT2D eigenvalue weighted by Gasteiger charge is -2.11. The van der Waals surface area contributed by atoms with Crippen LogP contribution < -0.4 is 0 Å². The number of thiophene rings is 1. The molecule has 6 heteroatoms. The molecule has 182 valence electrons. The molecular formula is C29H32NO3PS. The van der Waals surface area contributed by atoms with Crippen LogP contribution in [0.4, 0.5) is 0 Å². The Labute approximate surface area is 211 Å². The maximum Gasteiger partial charge on any atom is 0.325 e. The summed E-state index contributed by atoms with van der Waals surface area (Å²) in [6.45, 7) is 0. The molecule has 4 aromatic rings. The Morgan fingerprint density at radius 1 is 0.714 bits per heavy atom. The highest BCUT2D eigenvalue weighted by Gasteiger charge is 2.13. The highest BCUT2D eigenvalue weighted by atomic mass is 32.1. The van der Waals surface area contributed by atoms with Gasteiger partial charge in [-0.25, -0.2) is 0 Å². The molecule has 0 spiro atoms. The molecule has 4 rings (SSSR count). The molecule has 4 nitrogen and oxygen atoms in total. The summed E-state index contributed by atoms with van der Waals surface area (Å²) in [6, 6.07) is 27.9. The molecule has 2 aromatic heterocycles. The lowest BCUT2D eigenvalue weighted by atomic mass is 9.98. The lowest BCUT2D eigenvalue weighted by Crippen LogP contribution is -1.96. The third-order valence-electron chi connectivity index (χ3n) is 6.13. The van der Waals surface area contributed by atoms with Gasteiger partial charge in [-0.2, -0.15) is 0 Å². The van der Waals surface area contributed by atoms with Gasteiger partial charge in [-0.1, -0.05) is 73.2 Å². The van der Waals surface area contributed by atoms with Crippen molar-refractivity contribution in [1.29, 1.82) is 0 Å². The van der Waals surface area contributed by atoms with Crippen LogP contribution in [-0.4, -0.2) is 20.9 Å². The van der Waals surface area contributed by atoms with E-state index in [-0.39, 0.29) is 6.16 Å². The second-order valence-corrected chi connectivity index (χ2v) is 11.6. The highest BCUT2D eigenvalue weighted by Crippen LogP contribution is 2.36. The van der Waals surface area contributed by atoms with Crippen LogP contribution in [0.25, 0.3) is 21.7 Å². The van der Waals surface area contributed by atoms with E-state index in [0.29, 0.717) is 6.42 Å². The smallest absolute Gasteiger partial charge is 0.324 e. The van der Waals surface area contributed by atoms with E-state index < -0.39 is 7.60 Å². The lowest BCUT2D eigenvalue weighted by molar-refractivity contribution is 0.371. The molecule has 0 aliphatic carbocycles. The van der Waals surface area contributed by atoms with Crippen LogP contribution in [0.2, 0.25) is 0 Å². The number of nitrogens with zero attached hydrogens (tertiary/aromatic N) is 1. The Bertz CT molecular complexity index is 1230. The highest BCUT2D eigenvalue weighted by molar-refractivity contribution is 7.51. The zero-order chi connectivity index (χ0) is 24.5. The van der Waals surface area contributed by atoms with Crippen molar-refractivity contribution in [2.75, 3.05) is 6.16 Å². The zero-order valence-corrected chi connectivity index (χ0v) is 21.6. The second-order valence-electron chi connectivity index (χ2n) is 8.91. The van der Waals surface area contributed by atoms with Gasteiger partial charge in [0.2, 0.25) is 0 Å². The summed E-state index contributed by atoms with van der Waals surface area (Å²) in [5.41, 5.74) is 7.06. The number of rotatable bonds is 12. The minimum atomic E-state index is -3.90. The van der Waals surface area contributed by atoms with E-state index in [2.05, 4.69) is 84.2 Å². The van der Waals surface area contributed by atoms with Crippen molar-refractivity contribution in [3.05, 3.63) is 101 Å². The van der Waals surface area contributed by atoms with E-state index in [1.165, 1.54) is 16.7 Å². The molecule has 0 bridgehead atoms. The van der Waals surface area contributed by atoms with Gasteiger partial charge in [-0.3, -0.25) is 9.55 Å². The SMILES string of the molecule is O=P(O)(O)CCCCCc1ccc(-c2ccc(CCCc3ccccc3)cc2)c(-c2cccs2)n1. The minimum absolute atomic E-state index is 0.0396. The molecule has 0 aliphatic rings. The fourth-order valence-electron chi connectivity index (χ4n) is 4.27. The van der Waals surface area contributed by atoms with E-state index in [1.54, 1.807) is 11.3 Å². The number of aromatic nitrogens is 1. The number of pyridine rings is 1. The van der Waals surface area contributed by atoms with Gasteiger partial charge in [-0.15, -0.1) is 11.3 Å². The van der Waals surface area contributed by atoms with Crippen LogP contribution >= 0.6 is 18.9 Å². The van der Waals surface area contributed by atoms with Crippen LogP contribution in [0.1, 0.15) is 42.5 Å². The summed E-state index contributed by atoms with van der Waals surface area (Å²) in [6.07, 6.45) is 6.25. The third kappa shape index (κ3) is 7.98. The topological polar surface area (TPSA) is 70.4 Å². The van der Waals surface area contributed by atoms with Crippen molar-refractivity contribution in [3.8, 4) is 21.7 Å². The fourth-order valence-corrected chi connectivity index (χ4v) is 5.63. The number of aryl methyl sites for hydroxylation is 3. The van der Waals surface area contributed by atoms with E-state index in [4.69, 9.17) is 14.8 Å². The standard InChI is InChI=1S/C29H32NO3PS/c31-34(32,33)21-6-2-5-13-26-19-20-27(29(30-26)28-14-8-22-35-28)25-17-15-24(16-18-25)12-7-11-23-9-3-1-4-10-23/h1,3-4,8-10,14-20,22H,2,5-7,11-13,21H2,(H2,31,32,33). The third-order valence-corrected chi connectivity index (χ3v) is 7.90. The summed E-state index contributed by atoms with van der Waals surface area (Å²) >= 11 is 1.69. The first-order valence-corrected chi connectivity index (χ1v) is 14.9. The Balaban J connectivity index is 1.42. The summed E-state index contributed by atoms with van der Waals surface area (Å²) < 4.78 is 11.0. The van der Waals surface area contributed by atoms with Crippen LogP contribution in [0.15, 0.2) is 84.2 Å². The minimum Gasteiger partial charge on any atom is -0.324 e. The number of benzene rings is 2. The first-order chi connectivity index (χ1) is 17.0. The van der Waals surface area contributed by atoms with Gasteiger partial charge < -0.3 is 9.79 Å². The molecule has 2 aromatic carbocycles. The quantitative estimate of drug-likeness (QED) is 0.154. The molecule has 0 saturated heterocycles. The van der Waals surface area contributed by atoms with Crippen molar-refractivity contribution < 1.29 is 14.4 Å². The normalized spacial score (nSPS) is 11.6. The monoisotopic (exact) mass is 505 g/mol. The molecule has 0 aliphatic heterocycles. The Kier molecular flexibility index (Phi) is 9.06. The van der Waals surface area contributed by atoms with Crippen molar-refractivity contribution in [1.82, 2.24) is 4.98 Å². The Morgan fingerprint density at radius 3 is 2.14 bits per heavy atom. The molecule has 0 amide bonds. The molecular weight excluding hydrogens is 473 g/mol. The van der Waals surface area contributed by atoms with Gasteiger partial charge in [0.1, 0.15) is 0 Å². The van der Waals surface area contributed by atoms with E-state index in [9.17, 15) is 4.57 Å². The van der Waals surface area contributed by atoms with Crippen molar-refractivity contribution >= 4 is 18.9 Å². The largest absolute Gasteiger partial charge is 0.325 e. The molecule has 2 N–H and O–H groups in total. The molecule has 0 unspecified atom stereocenters. The van der Waals surface area contributed by atoms with E-state index in [0.717, 1.165) is 60.4 Å². The Hall–Kier alpha value is -2.56. The molecule has 0 fully saturated rings. The molecule has 0 saturated carbocycles. The summed E-state index contributed by atoms with van der Waals surface area (Å²) in [5, 5.41) is 2.07. The predicted octanol–water partition coefficient (Wildman–Crippen LogP) is 7.54. The van der Waals surface area contributed by atoms with Crippen molar-refractivity contribution in [2.24, 2.45) is 0 Å². The van der Waals surface area contributed by atoms with Gasteiger partial charge in [0.15, 0.2) is 0 Å². The summed E-state index contributed by atoms with van der Waals surface area (Å²) in [5.74, 6) is 0. The summed E-state index contributed by atoms with van der Waals surface area (Å²) in [4.78, 5) is 24.2. The average Bonchev–Trinajstić information content (AvgIpc) is 3.39. The molecule has 2 heterocycles. The van der Waals surface area contributed by atoms with Crippen LogP contribution in [-0.2, 0) is 23.8 Å². The zero-order valence-electron chi connectivity index (χ0n) is 19.8. The van der Waals surface area contributed by atoms with E-state index >= 15 is 0 Å². The number of hydrogen-bond acceptors (Lipinski definition) is 3. The van der Waals surface area contributed by atoms with Crippen molar-refractivity contribution in [2.45, 2.75) is 44.9 Å². The van der Waals surface area contributed by atoms with Gasteiger partial charge in [0.05, 0.1) is 10.6 Å². The average molecular weight is 506 g/mol. The maximum absolute atomic E-state index is 11.0. The summed E-state index contributed by atoms with van der Waals surface area (Å²) in [7, 11) is -3.90. The van der Waals surface area contributed by atoms with Crippen LogP contribution in [0, 0.1) is 0 Å². The molecule has 0 atom stereocenters. The Morgan fingerprint density at radius 2 is 1.46 bits per heavy atom. The molecule has 35 heavy (non-hydrogen) atoms.